The van der Waals surface area contributed by atoms with Gasteiger partial charge >= 0.3 is 0 Å². The number of nitrogen functional groups attached to an aromatic ring is 1. The van der Waals surface area contributed by atoms with Gasteiger partial charge in [0.2, 0.25) is 0 Å². The Balaban J connectivity index is 1.87. The summed E-state index contributed by atoms with van der Waals surface area (Å²) in [6.07, 6.45) is 5.37. The molecule has 2 N–H and O–H groups in total. The molecule has 3 heteroatoms. The standard InChI is InChI=1S/C15H23ClN2/c1-2-3-12-6-8-18(9-7-12)11-13-4-5-14(17)10-15(13)16/h4-5,10,12H,2-3,6-9,11,17H2,1H3. The van der Waals surface area contributed by atoms with E-state index >= 15 is 0 Å². The van der Waals surface area contributed by atoms with Crippen molar-refractivity contribution in [3.63, 3.8) is 0 Å². The van der Waals surface area contributed by atoms with Crippen molar-refractivity contribution < 1.29 is 0 Å². The number of likely N-dealkylation sites (tertiary alicyclic amines) is 1. The molecule has 1 aromatic carbocycles. The van der Waals surface area contributed by atoms with Gasteiger partial charge in [0, 0.05) is 17.3 Å². The van der Waals surface area contributed by atoms with Crippen LogP contribution in [0.3, 0.4) is 0 Å². The maximum absolute atomic E-state index is 6.22. The normalized spacial score (nSPS) is 18.1. The summed E-state index contributed by atoms with van der Waals surface area (Å²) in [6.45, 7) is 5.63. The lowest BCUT2D eigenvalue weighted by Crippen LogP contribution is -2.33. The molecule has 0 saturated carbocycles. The molecule has 1 aliphatic heterocycles. The van der Waals surface area contributed by atoms with E-state index in [9.17, 15) is 0 Å². The molecule has 1 aliphatic rings. The fourth-order valence-electron chi connectivity index (χ4n) is 2.77. The molecule has 0 atom stereocenters. The number of rotatable bonds is 4. The van der Waals surface area contributed by atoms with Crippen LogP contribution in [0.4, 0.5) is 5.69 Å². The molecule has 0 spiro atoms. The summed E-state index contributed by atoms with van der Waals surface area (Å²) in [4.78, 5) is 2.50. The molecule has 2 rings (SSSR count). The van der Waals surface area contributed by atoms with E-state index in [1.165, 1.54) is 44.3 Å². The summed E-state index contributed by atoms with van der Waals surface area (Å²) in [5, 5.41) is 0.797. The van der Waals surface area contributed by atoms with Gasteiger partial charge < -0.3 is 5.73 Å². The van der Waals surface area contributed by atoms with Crippen LogP contribution in [-0.2, 0) is 6.54 Å². The summed E-state index contributed by atoms with van der Waals surface area (Å²) in [5.74, 6) is 0.938. The summed E-state index contributed by atoms with van der Waals surface area (Å²) < 4.78 is 0. The van der Waals surface area contributed by atoms with Gasteiger partial charge in [-0.05, 0) is 49.5 Å². The van der Waals surface area contributed by atoms with E-state index < -0.39 is 0 Å². The van der Waals surface area contributed by atoms with Crippen molar-refractivity contribution in [3.05, 3.63) is 28.8 Å². The first-order chi connectivity index (χ1) is 8.69. The van der Waals surface area contributed by atoms with Crippen molar-refractivity contribution >= 4 is 17.3 Å². The van der Waals surface area contributed by atoms with Crippen LogP contribution in [0.25, 0.3) is 0 Å². The van der Waals surface area contributed by atoms with E-state index in [4.69, 9.17) is 17.3 Å². The molecule has 1 fully saturated rings. The Hall–Kier alpha value is -0.730. The van der Waals surface area contributed by atoms with E-state index in [1.54, 1.807) is 0 Å². The van der Waals surface area contributed by atoms with E-state index in [0.29, 0.717) is 0 Å². The SMILES string of the molecule is CCCC1CCN(Cc2ccc(N)cc2Cl)CC1. The number of piperidine rings is 1. The van der Waals surface area contributed by atoms with Crippen LogP contribution in [0.2, 0.25) is 5.02 Å². The third kappa shape index (κ3) is 3.63. The van der Waals surface area contributed by atoms with Crippen LogP contribution < -0.4 is 5.73 Å². The Morgan fingerprint density at radius 1 is 1.33 bits per heavy atom. The third-order valence-electron chi connectivity index (χ3n) is 3.88. The Bertz CT molecular complexity index is 384. The molecule has 2 nitrogen and oxygen atoms in total. The van der Waals surface area contributed by atoms with Crippen LogP contribution in [0, 0.1) is 5.92 Å². The van der Waals surface area contributed by atoms with Crippen molar-refractivity contribution in [2.75, 3.05) is 18.8 Å². The van der Waals surface area contributed by atoms with Gasteiger partial charge in [-0.25, -0.2) is 0 Å². The molecule has 0 amide bonds. The van der Waals surface area contributed by atoms with Gasteiger partial charge in [-0.1, -0.05) is 37.4 Å². The van der Waals surface area contributed by atoms with Gasteiger partial charge in [0.15, 0.2) is 0 Å². The number of benzene rings is 1. The molecule has 1 saturated heterocycles. The largest absolute Gasteiger partial charge is 0.399 e. The molecule has 18 heavy (non-hydrogen) atoms. The first kappa shape index (κ1) is 13.7. The van der Waals surface area contributed by atoms with Gasteiger partial charge in [0.05, 0.1) is 0 Å². The lowest BCUT2D eigenvalue weighted by atomic mass is 9.92. The van der Waals surface area contributed by atoms with Crippen LogP contribution in [0.1, 0.15) is 38.2 Å². The number of nitrogens with two attached hydrogens (primary N) is 1. The highest BCUT2D eigenvalue weighted by Crippen LogP contribution is 2.25. The molecule has 100 valence electrons. The molecular formula is C15H23ClN2. The Morgan fingerprint density at radius 2 is 2.06 bits per heavy atom. The minimum absolute atomic E-state index is 0.741. The van der Waals surface area contributed by atoms with Crippen molar-refractivity contribution in [3.8, 4) is 0 Å². The predicted molar refractivity (Wildman–Crippen MR) is 78.8 cm³/mol. The monoisotopic (exact) mass is 266 g/mol. The van der Waals surface area contributed by atoms with Crippen LogP contribution >= 0.6 is 11.6 Å². The van der Waals surface area contributed by atoms with Gasteiger partial charge in [0.25, 0.3) is 0 Å². The molecule has 0 aromatic heterocycles. The summed E-state index contributed by atoms with van der Waals surface area (Å²) >= 11 is 6.22. The Labute approximate surface area is 115 Å². The smallest absolute Gasteiger partial charge is 0.0471 e. The zero-order valence-electron chi connectivity index (χ0n) is 11.2. The first-order valence-corrected chi connectivity index (χ1v) is 7.33. The fourth-order valence-corrected chi connectivity index (χ4v) is 3.02. The molecule has 1 heterocycles. The van der Waals surface area contributed by atoms with Crippen LogP contribution in [0.5, 0.6) is 0 Å². The average molecular weight is 267 g/mol. The van der Waals surface area contributed by atoms with Gasteiger partial charge in [-0.3, -0.25) is 4.90 Å². The van der Waals surface area contributed by atoms with Gasteiger partial charge in [-0.15, -0.1) is 0 Å². The van der Waals surface area contributed by atoms with E-state index in [0.717, 1.165) is 23.2 Å². The van der Waals surface area contributed by atoms with Crippen LogP contribution in [0.15, 0.2) is 18.2 Å². The predicted octanol–water partition coefficient (Wildman–Crippen LogP) is 3.93. The van der Waals surface area contributed by atoms with Crippen molar-refractivity contribution in [2.24, 2.45) is 5.92 Å². The highest BCUT2D eigenvalue weighted by Gasteiger charge is 2.18. The summed E-state index contributed by atoms with van der Waals surface area (Å²) in [6, 6.07) is 5.83. The van der Waals surface area contributed by atoms with Crippen molar-refractivity contribution in [2.45, 2.75) is 39.2 Å². The van der Waals surface area contributed by atoms with E-state index in [1.807, 2.05) is 12.1 Å². The van der Waals surface area contributed by atoms with Crippen molar-refractivity contribution in [1.29, 1.82) is 0 Å². The fraction of sp³-hybridized carbons (Fsp3) is 0.600. The number of hydrogen-bond donors (Lipinski definition) is 1. The summed E-state index contributed by atoms with van der Waals surface area (Å²) in [5.41, 5.74) is 7.65. The maximum atomic E-state index is 6.22. The molecular weight excluding hydrogens is 244 g/mol. The van der Waals surface area contributed by atoms with E-state index in [2.05, 4.69) is 17.9 Å². The number of halogens is 1. The number of hydrogen-bond acceptors (Lipinski definition) is 2. The number of anilines is 1. The Morgan fingerprint density at radius 3 is 2.67 bits per heavy atom. The first-order valence-electron chi connectivity index (χ1n) is 6.95. The highest BCUT2D eigenvalue weighted by atomic mass is 35.5. The van der Waals surface area contributed by atoms with Crippen molar-refractivity contribution in [1.82, 2.24) is 4.90 Å². The number of nitrogens with zero attached hydrogens (tertiary/aromatic N) is 1. The van der Waals surface area contributed by atoms with Gasteiger partial charge in [-0.2, -0.15) is 0 Å². The second-order valence-electron chi connectivity index (χ2n) is 5.36. The van der Waals surface area contributed by atoms with Gasteiger partial charge in [0.1, 0.15) is 0 Å². The topological polar surface area (TPSA) is 29.3 Å². The second-order valence-corrected chi connectivity index (χ2v) is 5.77. The average Bonchev–Trinajstić information content (AvgIpc) is 2.35. The molecule has 0 aliphatic carbocycles. The summed E-state index contributed by atoms with van der Waals surface area (Å²) in [7, 11) is 0. The minimum Gasteiger partial charge on any atom is -0.399 e. The molecule has 0 radical (unpaired) electrons. The second kappa shape index (κ2) is 6.44. The highest BCUT2D eigenvalue weighted by molar-refractivity contribution is 6.31. The molecule has 1 aromatic rings. The van der Waals surface area contributed by atoms with Crippen LogP contribution in [-0.4, -0.2) is 18.0 Å². The lowest BCUT2D eigenvalue weighted by molar-refractivity contribution is 0.172. The minimum atomic E-state index is 0.741. The lowest BCUT2D eigenvalue weighted by Gasteiger charge is -2.32. The molecule has 0 bridgehead atoms. The molecule has 0 unspecified atom stereocenters. The quantitative estimate of drug-likeness (QED) is 0.837. The zero-order valence-corrected chi connectivity index (χ0v) is 11.9. The third-order valence-corrected chi connectivity index (χ3v) is 4.23. The maximum Gasteiger partial charge on any atom is 0.0471 e. The Kier molecular flexibility index (Phi) is 4.90. The zero-order chi connectivity index (χ0) is 13.0. The van der Waals surface area contributed by atoms with E-state index in [-0.39, 0.29) is 0 Å².